The number of ether oxygens (including phenoxy) is 4. The van der Waals surface area contributed by atoms with Gasteiger partial charge >= 0.3 is 0 Å². The fourth-order valence-electron chi connectivity index (χ4n) is 6.48. The summed E-state index contributed by atoms with van der Waals surface area (Å²) in [4.78, 5) is 6.99. The van der Waals surface area contributed by atoms with Gasteiger partial charge in [-0.2, -0.15) is 5.26 Å². The molecule has 0 unspecified atom stereocenters. The number of hydrogen-bond donors (Lipinski definition) is 0. The highest BCUT2D eigenvalue weighted by atomic mass is 79.9. The highest BCUT2D eigenvalue weighted by Gasteiger charge is 2.11. The van der Waals surface area contributed by atoms with E-state index in [0.29, 0.717) is 11.3 Å². The number of rotatable bonds is 13. The lowest BCUT2D eigenvalue weighted by molar-refractivity contribution is 0.404. The maximum atomic E-state index is 13.4. The van der Waals surface area contributed by atoms with Gasteiger partial charge in [-0.05, 0) is 151 Å². The standard InChI is InChI=1S/C19H15FOS.C14H10FNOS.2C13H10BrFOS/c1-21-18-11-10-15(14-6-3-2-4-7-14)12-19(18)22-17-9-5-8-16(20)13-17;1-17-13-6-5-10(9-16)7-14(13)18-12-4-2-3-11(15)8-12;1-16-12-7-9(14)5-6-13(12)17-11-4-2-3-10(15)8-11;1-16-12-6-5-9(14)7-13(12)17-11-4-2-3-10(15)8-11/h2-13H,1H3;2-8H,1H3;2*2-8H,1H3. The van der Waals surface area contributed by atoms with E-state index in [2.05, 4.69) is 56.1 Å². The van der Waals surface area contributed by atoms with Crippen molar-refractivity contribution < 1.29 is 36.5 Å². The molecule has 0 aromatic heterocycles. The summed E-state index contributed by atoms with van der Waals surface area (Å²) in [6.45, 7) is 0. The quantitative estimate of drug-likeness (QED) is 0.105. The molecule has 0 radical (unpaired) electrons. The molecule has 0 aliphatic heterocycles. The molecule has 0 saturated carbocycles. The van der Waals surface area contributed by atoms with Crippen molar-refractivity contribution in [1.29, 1.82) is 5.26 Å². The molecule has 0 atom stereocenters. The van der Waals surface area contributed by atoms with Crippen LogP contribution in [0, 0.1) is 34.6 Å². The molecule has 9 aromatic rings. The van der Waals surface area contributed by atoms with Crippen LogP contribution in [0.4, 0.5) is 17.6 Å². The first-order valence-corrected chi connectivity index (χ1v) is 26.9. The number of methoxy groups -OCH3 is 4. The Morgan fingerprint density at radius 2 is 0.743 bits per heavy atom. The van der Waals surface area contributed by atoms with E-state index in [1.165, 1.54) is 95.6 Å². The van der Waals surface area contributed by atoms with Gasteiger partial charge in [-0.25, -0.2) is 17.6 Å². The molecule has 9 rings (SSSR count). The summed E-state index contributed by atoms with van der Waals surface area (Å²) in [6.07, 6.45) is 0. The smallest absolute Gasteiger partial charge is 0.133 e. The van der Waals surface area contributed by atoms with Gasteiger partial charge in [0.05, 0.1) is 59.7 Å². The lowest BCUT2D eigenvalue weighted by Crippen LogP contribution is -1.88. The summed E-state index contributed by atoms with van der Waals surface area (Å²) >= 11 is 12.6. The normalized spacial score (nSPS) is 10.2. The Hall–Kier alpha value is -6.25. The Morgan fingerprint density at radius 3 is 1.19 bits per heavy atom. The second-order valence-electron chi connectivity index (χ2n) is 15.0. The van der Waals surface area contributed by atoms with E-state index in [-0.39, 0.29) is 23.3 Å². The van der Waals surface area contributed by atoms with Crippen molar-refractivity contribution in [3.8, 4) is 40.2 Å². The van der Waals surface area contributed by atoms with Gasteiger partial charge in [0, 0.05) is 28.5 Å². The maximum Gasteiger partial charge on any atom is 0.133 e. The summed E-state index contributed by atoms with van der Waals surface area (Å²) in [5.74, 6) is 2.03. The van der Waals surface area contributed by atoms with Crippen molar-refractivity contribution >= 4 is 78.9 Å². The highest BCUT2D eigenvalue weighted by molar-refractivity contribution is 9.10. The van der Waals surface area contributed by atoms with E-state index in [9.17, 15) is 17.6 Å². The van der Waals surface area contributed by atoms with E-state index in [1.807, 2.05) is 91.0 Å². The van der Waals surface area contributed by atoms with Crippen LogP contribution < -0.4 is 18.9 Å². The Labute approximate surface area is 462 Å². The fraction of sp³-hybridized carbons (Fsp3) is 0.0678. The first-order chi connectivity index (χ1) is 35.9. The van der Waals surface area contributed by atoms with Crippen LogP contribution >= 0.6 is 78.9 Å². The lowest BCUT2D eigenvalue weighted by atomic mass is 10.1. The first-order valence-electron chi connectivity index (χ1n) is 22.1. The summed E-state index contributed by atoms with van der Waals surface area (Å²) in [5, 5.41) is 8.88. The minimum atomic E-state index is -0.282. The number of nitrogens with zero attached hydrogens (tertiary/aromatic N) is 1. The molecule has 0 aliphatic rings. The van der Waals surface area contributed by atoms with Crippen LogP contribution in [0.2, 0.25) is 0 Å². The number of halogens is 6. The van der Waals surface area contributed by atoms with Crippen molar-refractivity contribution in [2.45, 2.75) is 39.2 Å². The van der Waals surface area contributed by atoms with Gasteiger partial charge in [-0.1, -0.05) is 140 Å². The largest absolute Gasteiger partial charge is 0.496 e. The van der Waals surface area contributed by atoms with Gasteiger partial charge in [-0.3, -0.25) is 0 Å². The number of hydrogen-bond acceptors (Lipinski definition) is 9. The molecule has 0 fully saturated rings. The molecule has 0 N–H and O–H groups in total. The van der Waals surface area contributed by atoms with Gasteiger partial charge in [0.2, 0.25) is 0 Å². The SMILES string of the molecule is COc1cc(Br)ccc1Sc1cccc(F)c1.COc1ccc(-c2ccccc2)cc1Sc1cccc(F)c1.COc1ccc(Br)cc1Sc1cccc(F)c1.COc1ccc(C#N)cc1Sc1cccc(F)c1. The maximum absolute atomic E-state index is 13.4. The van der Waals surface area contributed by atoms with Crippen molar-refractivity contribution in [3.63, 3.8) is 0 Å². The number of benzene rings is 9. The predicted molar refractivity (Wildman–Crippen MR) is 300 cm³/mol. The van der Waals surface area contributed by atoms with E-state index >= 15 is 0 Å². The van der Waals surface area contributed by atoms with E-state index in [0.717, 1.165) is 76.5 Å². The van der Waals surface area contributed by atoms with Crippen LogP contribution in [-0.2, 0) is 0 Å². The van der Waals surface area contributed by atoms with E-state index < -0.39 is 0 Å². The van der Waals surface area contributed by atoms with Crippen LogP contribution in [0.1, 0.15) is 5.56 Å². The molecule has 0 aliphatic carbocycles. The van der Waals surface area contributed by atoms with Gasteiger partial charge < -0.3 is 18.9 Å². The topological polar surface area (TPSA) is 60.7 Å². The second-order valence-corrected chi connectivity index (χ2v) is 21.3. The van der Waals surface area contributed by atoms with E-state index in [4.69, 9.17) is 24.2 Å². The van der Waals surface area contributed by atoms with Crippen molar-refractivity contribution in [2.75, 3.05) is 28.4 Å². The van der Waals surface area contributed by atoms with Crippen molar-refractivity contribution in [2.24, 2.45) is 0 Å². The van der Waals surface area contributed by atoms with Crippen molar-refractivity contribution in [3.05, 3.63) is 238 Å². The molecule has 74 heavy (non-hydrogen) atoms. The van der Waals surface area contributed by atoms with Crippen LogP contribution in [0.3, 0.4) is 0 Å². The van der Waals surface area contributed by atoms with Crippen molar-refractivity contribution in [1.82, 2.24) is 0 Å². The zero-order valence-electron chi connectivity index (χ0n) is 40.0. The Morgan fingerprint density at radius 1 is 0.351 bits per heavy atom. The molecule has 15 heteroatoms. The Bertz CT molecular complexity index is 3310. The van der Waals surface area contributed by atoms with Crippen LogP contribution in [0.15, 0.2) is 248 Å². The monoisotopic (exact) mass is 1190 g/mol. The molecule has 5 nitrogen and oxygen atoms in total. The average molecular weight is 1200 g/mol. The minimum absolute atomic E-state index is 0.230. The molecule has 0 amide bonds. The third-order valence-corrected chi connectivity index (χ3v) is 15.0. The molecule has 0 bridgehead atoms. The molecule has 0 heterocycles. The van der Waals surface area contributed by atoms with Gasteiger partial charge in [0.25, 0.3) is 0 Å². The van der Waals surface area contributed by atoms with Crippen LogP contribution in [0.5, 0.6) is 23.0 Å². The first kappa shape index (κ1) is 57.0. The molecular formula is C59H45Br2F4NO4S4. The zero-order valence-corrected chi connectivity index (χ0v) is 46.5. The summed E-state index contributed by atoms with van der Waals surface area (Å²) in [6, 6.07) is 60.8. The Kier molecular flexibility index (Phi) is 22.8. The van der Waals surface area contributed by atoms with E-state index in [1.54, 1.807) is 70.9 Å². The Balaban J connectivity index is 0.000000162. The lowest BCUT2D eigenvalue weighted by Gasteiger charge is -2.11. The molecular weight excluding hydrogens is 1150 g/mol. The molecule has 9 aromatic carbocycles. The second kappa shape index (κ2) is 29.6. The molecule has 0 saturated heterocycles. The van der Waals surface area contributed by atoms with Gasteiger partial charge in [0.1, 0.15) is 46.3 Å². The predicted octanol–water partition coefficient (Wildman–Crippen LogP) is 19.0. The average Bonchev–Trinajstić information content (AvgIpc) is 3.40. The molecule has 0 spiro atoms. The van der Waals surface area contributed by atoms with Crippen LogP contribution in [-0.4, -0.2) is 28.4 Å². The zero-order chi connectivity index (χ0) is 52.8. The third-order valence-electron chi connectivity index (χ3n) is 9.91. The summed E-state index contributed by atoms with van der Waals surface area (Å²) in [5.41, 5.74) is 2.81. The highest BCUT2D eigenvalue weighted by Crippen LogP contribution is 2.40. The minimum Gasteiger partial charge on any atom is -0.496 e. The van der Waals surface area contributed by atoms with Crippen LogP contribution in [0.25, 0.3) is 11.1 Å². The summed E-state index contributed by atoms with van der Waals surface area (Å²) < 4.78 is 75.7. The molecule has 376 valence electrons. The number of nitriles is 1. The third kappa shape index (κ3) is 18.0. The summed E-state index contributed by atoms with van der Waals surface area (Å²) in [7, 11) is 6.46. The van der Waals surface area contributed by atoms with Gasteiger partial charge in [-0.15, -0.1) is 0 Å². The van der Waals surface area contributed by atoms with Gasteiger partial charge in [0.15, 0.2) is 0 Å². The fourth-order valence-corrected chi connectivity index (χ4v) is 11.3.